The van der Waals surface area contributed by atoms with Gasteiger partial charge in [0.2, 0.25) is 5.91 Å². The fourth-order valence-corrected chi connectivity index (χ4v) is 4.13. The van der Waals surface area contributed by atoms with Gasteiger partial charge in [0.25, 0.3) is 0 Å². The lowest BCUT2D eigenvalue weighted by molar-refractivity contribution is -0.116. The van der Waals surface area contributed by atoms with Gasteiger partial charge in [0.1, 0.15) is 0 Å². The van der Waals surface area contributed by atoms with Crippen LogP contribution in [0.1, 0.15) is 6.42 Å². The first-order valence-corrected chi connectivity index (χ1v) is 9.10. The van der Waals surface area contributed by atoms with Gasteiger partial charge < -0.3 is 10.6 Å². The molecule has 1 aliphatic heterocycles. The van der Waals surface area contributed by atoms with E-state index in [4.69, 9.17) is 0 Å². The second-order valence-corrected chi connectivity index (χ2v) is 7.10. The van der Waals surface area contributed by atoms with Crippen LogP contribution < -0.4 is 10.6 Å². The van der Waals surface area contributed by atoms with Crippen LogP contribution in [0.4, 0.5) is 5.69 Å². The number of thioether (sulfide) groups is 1. The smallest absolute Gasteiger partial charge is 0.225 e. The highest BCUT2D eigenvalue weighted by Gasteiger charge is 2.17. The Hall–Kier alpha value is -1.01. The van der Waals surface area contributed by atoms with Crippen molar-refractivity contribution in [1.82, 2.24) is 5.32 Å². The molecule has 0 radical (unpaired) electrons. The van der Waals surface area contributed by atoms with E-state index in [1.807, 2.05) is 36.0 Å². The summed E-state index contributed by atoms with van der Waals surface area (Å²) in [5.41, 5.74) is 1.99. The number of para-hydroxylation sites is 1. The first-order valence-electron chi connectivity index (χ1n) is 7.07. The molecule has 1 saturated heterocycles. The molecule has 2 heterocycles. The summed E-state index contributed by atoms with van der Waals surface area (Å²) in [7, 11) is 0. The van der Waals surface area contributed by atoms with Crippen molar-refractivity contribution in [1.29, 1.82) is 0 Å². The summed E-state index contributed by atoms with van der Waals surface area (Å²) in [6.07, 6.45) is 0.534. The number of carbonyl (C=O) groups is 1. The van der Waals surface area contributed by atoms with E-state index < -0.39 is 0 Å². The first-order chi connectivity index (χ1) is 10.3. The third-order valence-electron chi connectivity index (χ3n) is 3.42. The average molecular weight is 355 g/mol. The molecule has 1 amide bonds. The molecule has 0 saturated carbocycles. The van der Waals surface area contributed by atoms with E-state index in [9.17, 15) is 4.79 Å². The van der Waals surface area contributed by atoms with Crippen molar-refractivity contribution in [2.24, 2.45) is 0 Å². The summed E-state index contributed by atoms with van der Waals surface area (Å²) < 4.78 is 0. The molecule has 1 aromatic heterocycles. The second-order valence-electron chi connectivity index (χ2n) is 5.00. The van der Waals surface area contributed by atoms with Crippen LogP contribution in [0.25, 0.3) is 10.4 Å². The predicted octanol–water partition coefficient (Wildman–Crippen LogP) is 3.87. The molecule has 2 N–H and O–H groups in total. The van der Waals surface area contributed by atoms with Gasteiger partial charge in [-0.3, -0.25) is 4.79 Å². The molecule has 1 aliphatic rings. The summed E-state index contributed by atoms with van der Waals surface area (Å²) in [5.74, 6) is 2.23. The van der Waals surface area contributed by atoms with E-state index >= 15 is 0 Å². The Morgan fingerprint density at radius 3 is 2.86 bits per heavy atom. The predicted molar refractivity (Wildman–Crippen MR) is 99.4 cm³/mol. The zero-order valence-corrected chi connectivity index (χ0v) is 14.5. The Labute approximate surface area is 145 Å². The number of hydrogen-bond donors (Lipinski definition) is 2. The maximum Gasteiger partial charge on any atom is 0.225 e. The number of nitrogens with one attached hydrogen (secondary N) is 2. The van der Waals surface area contributed by atoms with Gasteiger partial charge in [-0.1, -0.05) is 24.3 Å². The third kappa shape index (κ3) is 4.49. The molecule has 3 rings (SSSR count). The zero-order chi connectivity index (χ0) is 14.5. The number of amides is 1. The molecule has 3 nitrogen and oxygen atoms in total. The maximum atomic E-state index is 12.2. The van der Waals surface area contributed by atoms with Crippen LogP contribution >= 0.6 is 35.5 Å². The largest absolute Gasteiger partial charge is 0.325 e. The minimum absolute atomic E-state index is 0. The molecule has 1 atom stereocenters. The SMILES string of the molecule is Cl.O=C(CC1CSCCN1)Nc1ccccc1-c1cccs1. The van der Waals surface area contributed by atoms with Crippen LogP contribution in [-0.4, -0.2) is 30.0 Å². The fourth-order valence-electron chi connectivity index (χ4n) is 2.41. The Bertz CT molecular complexity index is 598. The van der Waals surface area contributed by atoms with Gasteiger partial charge >= 0.3 is 0 Å². The fraction of sp³-hybridized carbons (Fsp3) is 0.312. The van der Waals surface area contributed by atoms with Crippen LogP contribution in [0, 0.1) is 0 Å². The molecule has 118 valence electrons. The molecule has 0 spiro atoms. The number of anilines is 1. The highest BCUT2D eigenvalue weighted by molar-refractivity contribution is 7.99. The van der Waals surface area contributed by atoms with E-state index in [1.54, 1.807) is 11.3 Å². The van der Waals surface area contributed by atoms with Crippen molar-refractivity contribution in [3.8, 4) is 10.4 Å². The van der Waals surface area contributed by atoms with Gasteiger partial charge in [-0.25, -0.2) is 0 Å². The number of halogens is 1. The second kappa shape index (κ2) is 8.58. The van der Waals surface area contributed by atoms with Gasteiger partial charge in [-0.2, -0.15) is 11.8 Å². The normalized spacial score (nSPS) is 17.5. The Kier molecular flexibility index (Phi) is 6.76. The Morgan fingerprint density at radius 1 is 1.27 bits per heavy atom. The summed E-state index contributed by atoms with van der Waals surface area (Å²) in [4.78, 5) is 13.4. The molecule has 1 fully saturated rings. The maximum absolute atomic E-state index is 12.2. The van der Waals surface area contributed by atoms with E-state index in [2.05, 4.69) is 28.1 Å². The third-order valence-corrected chi connectivity index (χ3v) is 5.45. The van der Waals surface area contributed by atoms with Crippen LogP contribution in [-0.2, 0) is 4.79 Å². The Morgan fingerprint density at radius 2 is 2.14 bits per heavy atom. The highest BCUT2D eigenvalue weighted by atomic mass is 35.5. The van der Waals surface area contributed by atoms with Crippen molar-refractivity contribution in [2.45, 2.75) is 12.5 Å². The molecular formula is C16H19ClN2OS2. The van der Waals surface area contributed by atoms with Gasteiger partial charge in [-0.05, 0) is 17.5 Å². The lowest BCUT2D eigenvalue weighted by Crippen LogP contribution is -2.39. The molecule has 2 aromatic rings. The lowest BCUT2D eigenvalue weighted by Gasteiger charge is -2.22. The van der Waals surface area contributed by atoms with Gasteiger partial charge in [0.05, 0.1) is 0 Å². The number of hydrogen-bond acceptors (Lipinski definition) is 4. The Balaban J connectivity index is 0.00000176. The van der Waals surface area contributed by atoms with E-state index in [0.29, 0.717) is 6.42 Å². The molecule has 0 bridgehead atoms. The van der Waals surface area contributed by atoms with Crippen LogP contribution in [0.2, 0.25) is 0 Å². The quantitative estimate of drug-likeness (QED) is 0.875. The highest BCUT2D eigenvalue weighted by Crippen LogP contribution is 2.31. The topological polar surface area (TPSA) is 41.1 Å². The first kappa shape index (κ1) is 17.3. The molecule has 22 heavy (non-hydrogen) atoms. The summed E-state index contributed by atoms with van der Waals surface area (Å²) in [6.45, 7) is 0.994. The van der Waals surface area contributed by atoms with Crippen LogP contribution in [0.5, 0.6) is 0 Å². The standard InChI is InChI=1S/C16H18N2OS2.ClH/c19-16(10-12-11-20-9-7-17-12)18-14-5-2-1-4-13(14)15-6-3-8-21-15;/h1-6,8,12,17H,7,9-11H2,(H,18,19);1H. The van der Waals surface area contributed by atoms with E-state index in [-0.39, 0.29) is 24.4 Å². The van der Waals surface area contributed by atoms with Gasteiger partial charge in [0.15, 0.2) is 0 Å². The zero-order valence-electron chi connectivity index (χ0n) is 12.1. The summed E-state index contributed by atoms with van der Waals surface area (Å²) >= 11 is 3.60. The lowest BCUT2D eigenvalue weighted by atomic mass is 10.1. The van der Waals surface area contributed by atoms with Gasteiger partial charge in [0, 0.05) is 46.6 Å². The minimum Gasteiger partial charge on any atom is -0.325 e. The molecule has 1 unspecified atom stereocenters. The number of rotatable bonds is 4. The summed E-state index contributed by atoms with van der Waals surface area (Å²) in [5, 5.41) is 8.52. The van der Waals surface area contributed by atoms with E-state index in [0.717, 1.165) is 29.3 Å². The molecule has 6 heteroatoms. The van der Waals surface area contributed by atoms with Crippen LogP contribution in [0.15, 0.2) is 41.8 Å². The summed E-state index contributed by atoms with van der Waals surface area (Å²) in [6, 6.07) is 12.4. The van der Waals surface area contributed by atoms with E-state index in [1.165, 1.54) is 4.88 Å². The van der Waals surface area contributed by atoms with Crippen molar-refractivity contribution < 1.29 is 4.79 Å². The van der Waals surface area contributed by atoms with Crippen molar-refractivity contribution in [3.63, 3.8) is 0 Å². The van der Waals surface area contributed by atoms with Crippen molar-refractivity contribution >= 4 is 47.1 Å². The van der Waals surface area contributed by atoms with Gasteiger partial charge in [-0.15, -0.1) is 23.7 Å². The van der Waals surface area contributed by atoms with Crippen LogP contribution in [0.3, 0.4) is 0 Å². The average Bonchev–Trinajstić information content (AvgIpc) is 3.03. The molecule has 0 aliphatic carbocycles. The molecular weight excluding hydrogens is 336 g/mol. The van der Waals surface area contributed by atoms with Crippen molar-refractivity contribution in [2.75, 3.05) is 23.4 Å². The number of carbonyl (C=O) groups excluding carboxylic acids is 1. The number of thiophene rings is 1. The number of benzene rings is 1. The van der Waals surface area contributed by atoms with Crippen molar-refractivity contribution in [3.05, 3.63) is 41.8 Å². The monoisotopic (exact) mass is 354 g/mol. The minimum atomic E-state index is 0. The molecule has 1 aromatic carbocycles.